The van der Waals surface area contributed by atoms with Gasteiger partial charge in [0.2, 0.25) is 0 Å². The van der Waals surface area contributed by atoms with Gasteiger partial charge in [0, 0.05) is 75.9 Å². The molecule has 0 unspecified atom stereocenters. The third-order valence-electron chi connectivity index (χ3n) is 8.31. The van der Waals surface area contributed by atoms with Crippen LogP contribution in [0.3, 0.4) is 0 Å². The number of aromatic nitrogens is 2. The summed E-state index contributed by atoms with van der Waals surface area (Å²) in [6, 6.07) is 14.0. The Labute approximate surface area is 232 Å². The van der Waals surface area contributed by atoms with Crippen LogP contribution in [0.25, 0.3) is 16.6 Å². The van der Waals surface area contributed by atoms with Crippen LogP contribution < -0.4 is 10.2 Å². The molecule has 2 aliphatic rings. The number of carbonyl (C=O) groups is 1. The van der Waals surface area contributed by atoms with Gasteiger partial charge in [0.1, 0.15) is 0 Å². The number of amides is 2. The quantitative estimate of drug-likeness (QED) is 0.465. The Morgan fingerprint density at radius 2 is 1.67 bits per heavy atom. The zero-order valence-corrected chi connectivity index (χ0v) is 24.2. The molecule has 3 aromatic rings. The Morgan fingerprint density at radius 3 is 2.28 bits per heavy atom. The minimum Gasteiger partial charge on any atom is -0.370 e. The fourth-order valence-electron chi connectivity index (χ4n) is 6.07. The van der Waals surface area contributed by atoms with E-state index >= 15 is 0 Å². The summed E-state index contributed by atoms with van der Waals surface area (Å²) in [5, 5.41) is 7.60. The summed E-state index contributed by atoms with van der Waals surface area (Å²) in [4.78, 5) is 19.2. The summed E-state index contributed by atoms with van der Waals surface area (Å²) in [6.45, 7) is 16.5. The van der Waals surface area contributed by atoms with Gasteiger partial charge in [-0.1, -0.05) is 24.3 Å². The Hall–Kier alpha value is -3.10. The molecule has 8 heteroatoms. The maximum Gasteiger partial charge on any atom is 0.317 e. The van der Waals surface area contributed by atoms with E-state index in [1.807, 2.05) is 29.5 Å². The standard InChI is InChI=1S/C31H44N6O2/c1-6-39-31(12-15-34(16-13-31)24(4)5)27-9-7-25(8-10-27)26-21-29-28(11-14-32-37(29)22-26)35-17-19-36(20-18-35)30(38)33-23(2)3/h7-11,14,21-24H,6,12-13,15-20H2,1-5H3,(H,33,38). The summed E-state index contributed by atoms with van der Waals surface area (Å²) < 4.78 is 8.40. The van der Waals surface area contributed by atoms with Crippen molar-refractivity contribution in [1.82, 2.24) is 24.7 Å². The minimum atomic E-state index is -0.201. The predicted octanol–water partition coefficient (Wildman–Crippen LogP) is 4.98. The number of likely N-dealkylation sites (tertiary alicyclic amines) is 1. The first-order chi connectivity index (χ1) is 18.8. The van der Waals surface area contributed by atoms with Crippen molar-refractivity contribution in [2.45, 2.75) is 65.1 Å². The summed E-state index contributed by atoms with van der Waals surface area (Å²) >= 11 is 0. The number of carbonyl (C=O) groups excluding carboxylic acids is 1. The molecular formula is C31H44N6O2. The van der Waals surface area contributed by atoms with E-state index in [1.165, 1.54) is 11.1 Å². The van der Waals surface area contributed by atoms with E-state index in [2.05, 4.69) is 83.6 Å². The van der Waals surface area contributed by atoms with Crippen molar-refractivity contribution in [3.63, 3.8) is 0 Å². The highest BCUT2D eigenvalue weighted by molar-refractivity contribution is 5.80. The van der Waals surface area contributed by atoms with Gasteiger partial charge in [-0.3, -0.25) is 0 Å². The van der Waals surface area contributed by atoms with Crippen LogP contribution in [0, 0.1) is 0 Å². The predicted molar refractivity (Wildman–Crippen MR) is 157 cm³/mol. The maximum atomic E-state index is 12.4. The molecule has 4 heterocycles. The van der Waals surface area contributed by atoms with Crippen LogP contribution in [0.4, 0.5) is 10.5 Å². The minimum absolute atomic E-state index is 0.0227. The summed E-state index contributed by atoms with van der Waals surface area (Å²) in [6.07, 6.45) is 6.02. The van der Waals surface area contributed by atoms with Crippen molar-refractivity contribution < 1.29 is 9.53 Å². The van der Waals surface area contributed by atoms with Gasteiger partial charge in [-0.2, -0.15) is 5.10 Å². The SMILES string of the molecule is CCOC1(c2ccc(-c3cc4c(N5CCN(C(=O)NC(C)C)CC5)ccnn4c3)cc2)CCN(C(C)C)CC1. The second-order valence-corrected chi connectivity index (χ2v) is 11.5. The number of rotatable bonds is 7. The zero-order valence-electron chi connectivity index (χ0n) is 24.2. The van der Waals surface area contributed by atoms with Crippen molar-refractivity contribution >= 4 is 17.2 Å². The molecule has 0 bridgehead atoms. The molecule has 1 aromatic carbocycles. The average molecular weight is 533 g/mol. The van der Waals surface area contributed by atoms with Gasteiger partial charge in [0.25, 0.3) is 0 Å². The molecule has 2 amide bonds. The van der Waals surface area contributed by atoms with Crippen LogP contribution in [0.15, 0.2) is 48.8 Å². The number of benzene rings is 1. The number of nitrogens with zero attached hydrogens (tertiary/aromatic N) is 5. The maximum absolute atomic E-state index is 12.4. The molecule has 210 valence electrons. The molecule has 0 saturated carbocycles. The third kappa shape index (κ3) is 5.77. The molecule has 5 rings (SSSR count). The summed E-state index contributed by atoms with van der Waals surface area (Å²) in [5.74, 6) is 0. The average Bonchev–Trinajstić information content (AvgIpc) is 3.38. The number of ether oxygens (including phenoxy) is 1. The second-order valence-electron chi connectivity index (χ2n) is 11.5. The first-order valence-corrected chi connectivity index (χ1v) is 14.6. The lowest BCUT2D eigenvalue weighted by Crippen LogP contribution is -2.53. The number of hydrogen-bond acceptors (Lipinski definition) is 5. The van der Waals surface area contributed by atoms with Gasteiger partial charge >= 0.3 is 6.03 Å². The first-order valence-electron chi connectivity index (χ1n) is 14.6. The highest BCUT2D eigenvalue weighted by Gasteiger charge is 2.37. The van der Waals surface area contributed by atoms with Crippen molar-refractivity contribution in [2.75, 3.05) is 50.8 Å². The Balaban J connectivity index is 1.33. The van der Waals surface area contributed by atoms with Crippen LogP contribution in [-0.4, -0.2) is 83.4 Å². The second kappa shape index (κ2) is 11.6. The Kier molecular flexibility index (Phi) is 8.14. The Morgan fingerprint density at radius 1 is 0.974 bits per heavy atom. The molecule has 2 aromatic heterocycles. The van der Waals surface area contributed by atoms with Gasteiger partial charge in [-0.15, -0.1) is 0 Å². The Bertz CT molecular complexity index is 1250. The fraction of sp³-hybridized carbons (Fsp3) is 0.548. The monoisotopic (exact) mass is 532 g/mol. The van der Waals surface area contributed by atoms with E-state index in [0.29, 0.717) is 19.1 Å². The zero-order chi connectivity index (χ0) is 27.6. The molecule has 0 radical (unpaired) electrons. The van der Waals surface area contributed by atoms with Crippen LogP contribution in [0.1, 0.15) is 53.0 Å². The normalized spacial score (nSPS) is 18.3. The van der Waals surface area contributed by atoms with E-state index in [0.717, 1.165) is 62.4 Å². The highest BCUT2D eigenvalue weighted by Crippen LogP contribution is 2.38. The van der Waals surface area contributed by atoms with E-state index in [-0.39, 0.29) is 17.7 Å². The van der Waals surface area contributed by atoms with Gasteiger partial charge < -0.3 is 24.8 Å². The van der Waals surface area contributed by atoms with Gasteiger partial charge in [-0.25, -0.2) is 9.31 Å². The van der Waals surface area contributed by atoms with Crippen LogP contribution in [-0.2, 0) is 10.3 Å². The molecular weight excluding hydrogens is 488 g/mol. The summed E-state index contributed by atoms with van der Waals surface area (Å²) in [7, 11) is 0. The van der Waals surface area contributed by atoms with Crippen LogP contribution in [0.5, 0.6) is 0 Å². The highest BCUT2D eigenvalue weighted by atomic mass is 16.5. The van der Waals surface area contributed by atoms with Crippen molar-refractivity contribution in [3.05, 3.63) is 54.4 Å². The molecule has 1 N–H and O–H groups in total. The van der Waals surface area contributed by atoms with Crippen LogP contribution >= 0.6 is 0 Å². The number of urea groups is 1. The van der Waals surface area contributed by atoms with Gasteiger partial charge in [-0.05, 0) is 70.7 Å². The molecule has 8 nitrogen and oxygen atoms in total. The van der Waals surface area contributed by atoms with Gasteiger partial charge in [0.05, 0.1) is 16.8 Å². The number of piperidine rings is 1. The van der Waals surface area contributed by atoms with Gasteiger partial charge in [0.15, 0.2) is 0 Å². The number of hydrogen-bond donors (Lipinski definition) is 1. The van der Waals surface area contributed by atoms with E-state index in [4.69, 9.17) is 4.74 Å². The number of piperazine rings is 1. The van der Waals surface area contributed by atoms with Crippen molar-refractivity contribution in [3.8, 4) is 11.1 Å². The molecule has 39 heavy (non-hydrogen) atoms. The molecule has 0 aliphatic carbocycles. The van der Waals surface area contributed by atoms with Crippen LogP contribution in [0.2, 0.25) is 0 Å². The number of fused-ring (bicyclic) bond motifs is 1. The summed E-state index contributed by atoms with van der Waals surface area (Å²) in [5.41, 5.74) is 5.65. The first kappa shape index (κ1) is 27.5. The molecule has 0 atom stereocenters. The number of nitrogens with one attached hydrogen (secondary N) is 1. The van der Waals surface area contributed by atoms with E-state index < -0.39 is 0 Å². The molecule has 2 saturated heterocycles. The molecule has 2 fully saturated rings. The lowest BCUT2D eigenvalue weighted by Gasteiger charge is -2.43. The largest absolute Gasteiger partial charge is 0.370 e. The molecule has 0 spiro atoms. The van der Waals surface area contributed by atoms with Crippen molar-refractivity contribution in [2.24, 2.45) is 0 Å². The smallest absolute Gasteiger partial charge is 0.317 e. The third-order valence-corrected chi connectivity index (χ3v) is 8.31. The fourth-order valence-corrected chi connectivity index (χ4v) is 6.07. The van der Waals surface area contributed by atoms with E-state index in [1.54, 1.807) is 0 Å². The lowest BCUT2D eigenvalue weighted by atomic mass is 9.83. The molecule has 2 aliphatic heterocycles. The lowest BCUT2D eigenvalue weighted by molar-refractivity contribution is -0.0886. The number of anilines is 1. The van der Waals surface area contributed by atoms with E-state index in [9.17, 15) is 4.79 Å². The topological polar surface area (TPSA) is 65.3 Å². The van der Waals surface area contributed by atoms with Crippen molar-refractivity contribution in [1.29, 1.82) is 0 Å².